The first-order chi connectivity index (χ1) is 9.41. The van der Waals surface area contributed by atoms with Gasteiger partial charge in [0.25, 0.3) is 5.56 Å². The van der Waals surface area contributed by atoms with Crippen molar-refractivity contribution in [3.63, 3.8) is 0 Å². The number of nitrogens with zero attached hydrogens (tertiary/aromatic N) is 3. The highest BCUT2D eigenvalue weighted by molar-refractivity contribution is 5.81. The van der Waals surface area contributed by atoms with Gasteiger partial charge in [-0.1, -0.05) is 0 Å². The van der Waals surface area contributed by atoms with E-state index >= 15 is 0 Å². The maximum Gasteiger partial charge on any atom is 0.416 e. The fourth-order valence-corrected chi connectivity index (χ4v) is 1.98. The van der Waals surface area contributed by atoms with E-state index in [0.29, 0.717) is 0 Å². The van der Waals surface area contributed by atoms with Gasteiger partial charge < -0.3 is 4.98 Å². The van der Waals surface area contributed by atoms with E-state index in [2.05, 4.69) is 10.1 Å². The minimum Gasteiger partial charge on any atom is -0.305 e. The SMILES string of the molecule is N#Cc1cnn2c1[nH]c(=O)c1ccc(C(F)(F)F)cc12. The van der Waals surface area contributed by atoms with Crippen LogP contribution in [0.5, 0.6) is 0 Å². The molecule has 0 unspecified atom stereocenters. The second kappa shape index (κ2) is 3.84. The summed E-state index contributed by atoms with van der Waals surface area (Å²) in [6.07, 6.45) is -3.33. The Bertz CT molecular complexity index is 930. The predicted molar refractivity (Wildman–Crippen MR) is 63.0 cm³/mol. The first kappa shape index (κ1) is 12.2. The summed E-state index contributed by atoms with van der Waals surface area (Å²) in [5, 5.41) is 12.8. The molecule has 0 amide bonds. The number of aromatic amines is 1. The molecule has 0 radical (unpaired) electrons. The van der Waals surface area contributed by atoms with Gasteiger partial charge in [-0.25, -0.2) is 4.52 Å². The van der Waals surface area contributed by atoms with Crippen LogP contribution >= 0.6 is 0 Å². The lowest BCUT2D eigenvalue weighted by molar-refractivity contribution is -0.137. The van der Waals surface area contributed by atoms with Crippen molar-refractivity contribution < 1.29 is 13.2 Å². The summed E-state index contributed by atoms with van der Waals surface area (Å²) < 4.78 is 39.3. The Hall–Kier alpha value is -2.82. The monoisotopic (exact) mass is 278 g/mol. The van der Waals surface area contributed by atoms with Gasteiger partial charge in [0, 0.05) is 0 Å². The van der Waals surface area contributed by atoms with Crippen LogP contribution in [0.2, 0.25) is 0 Å². The number of H-pyrrole nitrogens is 1. The molecule has 0 aliphatic rings. The van der Waals surface area contributed by atoms with Gasteiger partial charge in [-0.15, -0.1) is 0 Å². The smallest absolute Gasteiger partial charge is 0.305 e. The number of nitriles is 1. The highest BCUT2D eigenvalue weighted by Crippen LogP contribution is 2.30. The zero-order valence-electron chi connectivity index (χ0n) is 9.69. The molecule has 0 saturated carbocycles. The van der Waals surface area contributed by atoms with E-state index in [9.17, 15) is 18.0 Å². The summed E-state index contributed by atoms with van der Waals surface area (Å²) in [6, 6.07) is 4.57. The number of benzene rings is 1. The van der Waals surface area contributed by atoms with Crippen molar-refractivity contribution in [1.29, 1.82) is 5.26 Å². The molecule has 0 atom stereocenters. The Labute approximate surface area is 108 Å². The zero-order chi connectivity index (χ0) is 14.5. The minimum absolute atomic E-state index is 0.0000694. The van der Waals surface area contributed by atoms with Gasteiger partial charge in [0.15, 0.2) is 5.65 Å². The highest BCUT2D eigenvalue weighted by Gasteiger charge is 2.31. The number of rotatable bonds is 0. The molecule has 20 heavy (non-hydrogen) atoms. The molecule has 1 aromatic carbocycles. The predicted octanol–water partition coefficient (Wildman–Crippen LogP) is 2.07. The Morgan fingerprint density at radius 3 is 2.75 bits per heavy atom. The second-order valence-electron chi connectivity index (χ2n) is 4.11. The molecular formula is C12H5F3N4O. The third-order valence-corrected chi connectivity index (χ3v) is 2.92. The van der Waals surface area contributed by atoms with Crippen LogP contribution in [-0.2, 0) is 6.18 Å². The molecule has 100 valence electrons. The van der Waals surface area contributed by atoms with E-state index in [1.807, 2.05) is 6.07 Å². The number of alkyl halides is 3. The van der Waals surface area contributed by atoms with Crippen molar-refractivity contribution >= 4 is 16.6 Å². The first-order valence-corrected chi connectivity index (χ1v) is 5.43. The van der Waals surface area contributed by atoms with E-state index in [4.69, 9.17) is 5.26 Å². The van der Waals surface area contributed by atoms with Crippen molar-refractivity contribution in [3.05, 3.63) is 45.9 Å². The van der Waals surface area contributed by atoms with Gasteiger partial charge in [0.05, 0.1) is 22.7 Å². The molecule has 1 N–H and O–H groups in total. The Morgan fingerprint density at radius 1 is 1.35 bits per heavy atom. The van der Waals surface area contributed by atoms with E-state index in [-0.39, 0.29) is 22.1 Å². The Kier molecular flexibility index (Phi) is 2.34. The topological polar surface area (TPSA) is 74.0 Å². The summed E-state index contributed by atoms with van der Waals surface area (Å²) in [5.74, 6) is 0. The third-order valence-electron chi connectivity index (χ3n) is 2.92. The van der Waals surface area contributed by atoms with Gasteiger partial charge >= 0.3 is 6.18 Å². The maximum absolute atomic E-state index is 12.7. The van der Waals surface area contributed by atoms with Crippen LogP contribution < -0.4 is 5.56 Å². The van der Waals surface area contributed by atoms with E-state index in [0.717, 1.165) is 22.7 Å². The molecule has 2 heterocycles. The van der Waals surface area contributed by atoms with Gasteiger partial charge in [-0.05, 0) is 18.2 Å². The van der Waals surface area contributed by atoms with Crippen molar-refractivity contribution in [1.82, 2.24) is 14.6 Å². The van der Waals surface area contributed by atoms with Gasteiger partial charge in [-0.2, -0.15) is 23.5 Å². The quantitative estimate of drug-likeness (QED) is 0.684. The van der Waals surface area contributed by atoms with Crippen molar-refractivity contribution in [2.24, 2.45) is 0 Å². The van der Waals surface area contributed by atoms with Crippen molar-refractivity contribution in [2.75, 3.05) is 0 Å². The fourth-order valence-electron chi connectivity index (χ4n) is 1.98. The number of halogens is 3. The molecule has 2 aromatic heterocycles. The third kappa shape index (κ3) is 1.64. The summed E-state index contributed by atoms with van der Waals surface area (Å²) in [6.45, 7) is 0. The largest absolute Gasteiger partial charge is 0.416 e. The van der Waals surface area contributed by atoms with Gasteiger partial charge in [0.2, 0.25) is 0 Å². The summed E-state index contributed by atoms with van der Waals surface area (Å²) >= 11 is 0. The van der Waals surface area contributed by atoms with E-state index < -0.39 is 17.3 Å². The molecule has 3 aromatic rings. The number of nitrogens with one attached hydrogen (secondary N) is 1. The minimum atomic E-state index is -4.52. The summed E-state index contributed by atoms with van der Waals surface area (Å²) in [5.41, 5.74) is -1.30. The average Bonchev–Trinajstić information content (AvgIpc) is 2.80. The summed E-state index contributed by atoms with van der Waals surface area (Å²) in [4.78, 5) is 14.3. The van der Waals surface area contributed by atoms with Crippen LogP contribution in [0.4, 0.5) is 13.2 Å². The zero-order valence-corrected chi connectivity index (χ0v) is 9.69. The molecule has 5 nitrogen and oxygen atoms in total. The second-order valence-corrected chi connectivity index (χ2v) is 4.11. The molecule has 0 saturated heterocycles. The van der Waals surface area contributed by atoms with Crippen LogP contribution in [-0.4, -0.2) is 14.6 Å². The molecule has 3 rings (SSSR count). The molecule has 0 spiro atoms. The van der Waals surface area contributed by atoms with Gasteiger partial charge in [-0.3, -0.25) is 4.79 Å². The van der Waals surface area contributed by atoms with Crippen LogP contribution in [0, 0.1) is 11.3 Å². The molecule has 0 aliphatic heterocycles. The first-order valence-electron chi connectivity index (χ1n) is 5.43. The van der Waals surface area contributed by atoms with Crippen molar-refractivity contribution in [3.8, 4) is 6.07 Å². The normalized spacial score (nSPS) is 11.9. The lowest BCUT2D eigenvalue weighted by Crippen LogP contribution is -2.12. The number of hydrogen-bond donors (Lipinski definition) is 1. The standard InChI is InChI=1S/C12H5F3N4O/c13-12(14,15)7-1-2-8-9(3-7)19-10(18-11(8)20)6(4-16)5-17-19/h1-3,5H,(H,18,20). The lowest BCUT2D eigenvalue weighted by Gasteiger charge is -2.08. The molecular weight excluding hydrogens is 273 g/mol. The lowest BCUT2D eigenvalue weighted by atomic mass is 10.1. The molecule has 0 bridgehead atoms. The Morgan fingerprint density at radius 2 is 2.10 bits per heavy atom. The Balaban J connectivity index is 2.50. The average molecular weight is 278 g/mol. The molecule has 8 heteroatoms. The van der Waals surface area contributed by atoms with Gasteiger partial charge in [0.1, 0.15) is 11.6 Å². The number of aromatic nitrogens is 3. The number of fused-ring (bicyclic) bond motifs is 3. The van der Waals surface area contributed by atoms with E-state index in [1.54, 1.807) is 0 Å². The van der Waals surface area contributed by atoms with Crippen molar-refractivity contribution in [2.45, 2.75) is 6.18 Å². The van der Waals surface area contributed by atoms with E-state index in [1.165, 1.54) is 6.20 Å². The van der Waals surface area contributed by atoms with Crippen LogP contribution in [0.15, 0.2) is 29.2 Å². The molecule has 0 fully saturated rings. The van der Waals surface area contributed by atoms with Crippen LogP contribution in [0.1, 0.15) is 11.1 Å². The maximum atomic E-state index is 12.7. The fraction of sp³-hybridized carbons (Fsp3) is 0.0833. The molecule has 0 aliphatic carbocycles. The summed E-state index contributed by atoms with van der Waals surface area (Å²) in [7, 11) is 0. The highest BCUT2D eigenvalue weighted by atomic mass is 19.4. The van der Waals surface area contributed by atoms with Crippen LogP contribution in [0.3, 0.4) is 0 Å². The number of hydrogen-bond acceptors (Lipinski definition) is 3. The van der Waals surface area contributed by atoms with Crippen LogP contribution in [0.25, 0.3) is 16.6 Å².